The van der Waals surface area contributed by atoms with E-state index < -0.39 is 6.04 Å². The summed E-state index contributed by atoms with van der Waals surface area (Å²) < 4.78 is 0. The molecule has 0 spiro atoms. The average Bonchev–Trinajstić information content (AvgIpc) is 3.03. The van der Waals surface area contributed by atoms with Gasteiger partial charge in [0.2, 0.25) is 5.91 Å². The van der Waals surface area contributed by atoms with Crippen LogP contribution in [0.5, 0.6) is 0 Å². The van der Waals surface area contributed by atoms with E-state index in [4.69, 9.17) is 5.73 Å². The van der Waals surface area contributed by atoms with Crippen LogP contribution in [-0.4, -0.2) is 59.9 Å². The van der Waals surface area contributed by atoms with E-state index in [9.17, 15) is 9.59 Å². The number of likely N-dealkylation sites (tertiary alicyclic amines) is 1. The first-order valence-corrected chi connectivity index (χ1v) is 9.27. The van der Waals surface area contributed by atoms with E-state index in [1.54, 1.807) is 9.80 Å². The molecule has 0 aromatic heterocycles. The number of nitrogens with one attached hydrogen (secondary N) is 1. The Morgan fingerprint density at radius 1 is 1.32 bits per heavy atom. The molecule has 2 aliphatic heterocycles. The highest BCUT2D eigenvalue weighted by Crippen LogP contribution is 2.29. The van der Waals surface area contributed by atoms with Crippen molar-refractivity contribution in [1.29, 1.82) is 0 Å². The smallest absolute Gasteiger partial charge is 0.256 e. The van der Waals surface area contributed by atoms with Crippen molar-refractivity contribution >= 4 is 17.5 Å². The van der Waals surface area contributed by atoms with Crippen LogP contribution in [0.25, 0.3) is 0 Å². The molecule has 25 heavy (non-hydrogen) atoms. The molecule has 0 bridgehead atoms. The molecule has 0 unspecified atom stereocenters. The lowest BCUT2D eigenvalue weighted by Gasteiger charge is -2.30. The highest BCUT2D eigenvalue weighted by atomic mass is 16.2. The summed E-state index contributed by atoms with van der Waals surface area (Å²) in [7, 11) is 0. The van der Waals surface area contributed by atoms with Gasteiger partial charge in [-0.2, -0.15) is 0 Å². The predicted molar refractivity (Wildman–Crippen MR) is 98.6 cm³/mol. The third-order valence-corrected chi connectivity index (χ3v) is 5.26. The second-order valence-corrected chi connectivity index (χ2v) is 6.85. The van der Waals surface area contributed by atoms with Crippen LogP contribution < -0.4 is 11.1 Å². The Bertz CT molecular complexity index is 657. The van der Waals surface area contributed by atoms with Crippen LogP contribution in [0, 0.1) is 0 Å². The van der Waals surface area contributed by atoms with Gasteiger partial charge >= 0.3 is 0 Å². The van der Waals surface area contributed by atoms with Gasteiger partial charge in [-0.15, -0.1) is 0 Å². The van der Waals surface area contributed by atoms with Gasteiger partial charge < -0.3 is 20.9 Å². The normalized spacial score (nSPS) is 22.3. The molecule has 2 aliphatic rings. The van der Waals surface area contributed by atoms with Crippen molar-refractivity contribution in [3.63, 3.8) is 0 Å². The van der Waals surface area contributed by atoms with Crippen molar-refractivity contribution in [3.05, 3.63) is 29.3 Å². The quantitative estimate of drug-likeness (QED) is 0.867. The number of carbonyl (C=O) groups is 2. The van der Waals surface area contributed by atoms with E-state index in [1.165, 1.54) is 5.56 Å². The zero-order chi connectivity index (χ0) is 18.0. The summed E-state index contributed by atoms with van der Waals surface area (Å²) in [5.74, 6) is -0.0891. The molecule has 2 heterocycles. The molecule has 136 valence electrons. The number of para-hydroxylation sites is 1. The fraction of sp³-hybridized carbons (Fsp3) is 0.579. The Labute approximate surface area is 149 Å². The number of hydrogen-bond acceptors (Lipinski definition) is 4. The van der Waals surface area contributed by atoms with Gasteiger partial charge in [-0.05, 0) is 44.7 Å². The number of fused-ring (bicyclic) bond motifs is 1. The molecule has 3 N–H and O–H groups in total. The van der Waals surface area contributed by atoms with E-state index >= 15 is 0 Å². The molecule has 0 aliphatic carbocycles. The number of hydrogen-bond donors (Lipinski definition) is 2. The fourth-order valence-electron chi connectivity index (χ4n) is 3.92. The summed E-state index contributed by atoms with van der Waals surface area (Å²) in [4.78, 5) is 29.5. The first kappa shape index (κ1) is 17.7. The van der Waals surface area contributed by atoms with Crippen LogP contribution in [0.2, 0.25) is 0 Å². The van der Waals surface area contributed by atoms with E-state index in [0.29, 0.717) is 31.6 Å². The summed E-state index contributed by atoms with van der Waals surface area (Å²) in [5, 5.41) is 3.36. The Morgan fingerprint density at radius 3 is 2.80 bits per heavy atom. The molecule has 6 heteroatoms. The van der Waals surface area contributed by atoms with Gasteiger partial charge in [0.25, 0.3) is 5.91 Å². The number of rotatable bonds is 4. The van der Waals surface area contributed by atoms with Crippen molar-refractivity contribution in [1.82, 2.24) is 9.80 Å². The monoisotopic (exact) mass is 344 g/mol. The molecule has 2 atom stereocenters. The number of likely N-dealkylation sites (N-methyl/N-ethyl adjacent to an activating group) is 1. The van der Waals surface area contributed by atoms with Crippen LogP contribution in [0.3, 0.4) is 0 Å². The van der Waals surface area contributed by atoms with Crippen molar-refractivity contribution in [2.24, 2.45) is 5.73 Å². The minimum absolute atomic E-state index is 0.00376. The maximum absolute atomic E-state index is 13.2. The Hall–Kier alpha value is -2.08. The summed E-state index contributed by atoms with van der Waals surface area (Å²) in [6, 6.07) is 5.23. The van der Waals surface area contributed by atoms with Gasteiger partial charge in [-0.1, -0.05) is 12.1 Å². The van der Waals surface area contributed by atoms with Crippen LogP contribution >= 0.6 is 0 Å². The number of nitrogens with two attached hydrogens (primary N) is 1. The lowest BCUT2D eigenvalue weighted by atomic mass is 9.98. The highest BCUT2D eigenvalue weighted by molar-refractivity contribution is 6.03. The zero-order valence-electron chi connectivity index (χ0n) is 15.1. The van der Waals surface area contributed by atoms with Crippen LogP contribution in [-0.2, 0) is 11.2 Å². The summed E-state index contributed by atoms with van der Waals surface area (Å²) >= 11 is 0. The van der Waals surface area contributed by atoms with Gasteiger partial charge in [-0.3, -0.25) is 9.59 Å². The Balaban J connectivity index is 1.89. The molecule has 0 saturated carbocycles. The van der Waals surface area contributed by atoms with Crippen molar-refractivity contribution in [2.45, 2.75) is 45.2 Å². The number of nitrogens with zero attached hydrogens (tertiary/aromatic N) is 2. The lowest BCUT2D eigenvalue weighted by molar-refractivity contribution is -0.134. The van der Waals surface area contributed by atoms with E-state index in [-0.39, 0.29) is 17.9 Å². The van der Waals surface area contributed by atoms with Crippen molar-refractivity contribution in [3.8, 4) is 0 Å². The standard InChI is InChI=1S/C19H28N4O2/c1-3-22(4-2)19(25)16-11-14(20)12-23(16)18(24)15-9-5-7-13-8-6-10-21-17(13)15/h5,7,9,14,16,21H,3-4,6,8,10-12,20H2,1-2H3/t14-,16-/m0/s1. The summed E-state index contributed by atoms with van der Waals surface area (Å²) in [5.41, 5.74) is 8.86. The second kappa shape index (κ2) is 7.44. The topological polar surface area (TPSA) is 78.7 Å². The van der Waals surface area contributed by atoms with Gasteiger partial charge in [0, 0.05) is 32.2 Å². The third-order valence-electron chi connectivity index (χ3n) is 5.26. The lowest BCUT2D eigenvalue weighted by Crippen LogP contribution is -2.47. The van der Waals surface area contributed by atoms with Gasteiger partial charge in [0.15, 0.2) is 0 Å². The molecular formula is C19H28N4O2. The van der Waals surface area contributed by atoms with Gasteiger partial charge in [0.05, 0.1) is 11.3 Å². The molecule has 3 rings (SSSR count). The van der Waals surface area contributed by atoms with Crippen LogP contribution in [0.15, 0.2) is 18.2 Å². The Kier molecular flexibility index (Phi) is 5.27. The number of amides is 2. The van der Waals surface area contributed by atoms with E-state index in [2.05, 4.69) is 11.4 Å². The second-order valence-electron chi connectivity index (χ2n) is 6.85. The molecule has 1 saturated heterocycles. The first-order chi connectivity index (χ1) is 12.1. The first-order valence-electron chi connectivity index (χ1n) is 9.27. The number of benzene rings is 1. The number of aryl methyl sites for hydroxylation is 1. The highest BCUT2D eigenvalue weighted by Gasteiger charge is 2.40. The van der Waals surface area contributed by atoms with Crippen LogP contribution in [0.4, 0.5) is 5.69 Å². The predicted octanol–water partition coefficient (Wildman–Crippen LogP) is 1.45. The molecular weight excluding hydrogens is 316 g/mol. The SMILES string of the molecule is CCN(CC)C(=O)[C@@H]1C[C@H](N)CN1C(=O)c1cccc2c1NCCC2. The molecule has 6 nitrogen and oxygen atoms in total. The molecule has 1 aromatic carbocycles. The molecule has 1 fully saturated rings. The minimum Gasteiger partial charge on any atom is -0.384 e. The fourth-order valence-corrected chi connectivity index (χ4v) is 3.92. The van der Waals surface area contributed by atoms with Gasteiger partial charge in [0.1, 0.15) is 6.04 Å². The third kappa shape index (κ3) is 3.35. The largest absolute Gasteiger partial charge is 0.384 e. The van der Waals surface area contributed by atoms with Crippen molar-refractivity contribution in [2.75, 3.05) is 31.5 Å². The maximum atomic E-state index is 13.2. The molecule has 1 aromatic rings. The Morgan fingerprint density at radius 2 is 2.08 bits per heavy atom. The van der Waals surface area contributed by atoms with E-state index in [1.807, 2.05) is 26.0 Å². The number of anilines is 1. The maximum Gasteiger partial charge on any atom is 0.256 e. The zero-order valence-corrected chi connectivity index (χ0v) is 15.1. The van der Waals surface area contributed by atoms with Gasteiger partial charge in [-0.25, -0.2) is 0 Å². The number of carbonyl (C=O) groups excluding carboxylic acids is 2. The molecule has 0 radical (unpaired) electrons. The van der Waals surface area contributed by atoms with E-state index in [0.717, 1.165) is 25.1 Å². The average molecular weight is 344 g/mol. The van der Waals surface area contributed by atoms with Crippen LogP contribution in [0.1, 0.15) is 42.6 Å². The summed E-state index contributed by atoms with van der Waals surface area (Å²) in [6.45, 7) is 6.51. The minimum atomic E-state index is -0.457. The van der Waals surface area contributed by atoms with Crippen molar-refractivity contribution < 1.29 is 9.59 Å². The molecule has 2 amide bonds. The summed E-state index contributed by atoms with van der Waals surface area (Å²) in [6.07, 6.45) is 2.58.